The van der Waals surface area contributed by atoms with Crippen LogP contribution >= 0.6 is 0 Å². The molecule has 1 saturated heterocycles. The number of anilines is 1. The molecule has 0 aromatic carbocycles. The SMILES string of the molecule is Cc1cc(NC(=O)CN2CCCC2Cn2cccn2)n(C)n1. The van der Waals surface area contributed by atoms with Gasteiger partial charge in [0.05, 0.1) is 18.8 Å². The molecule has 1 N–H and O–H groups in total. The molecule has 7 heteroatoms. The van der Waals surface area contributed by atoms with Crippen molar-refractivity contribution in [3.8, 4) is 0 Å². The highest BCUT2D eigenvalue weighted by Gasteiger charge is 2.26. The first-order valence-electron chi connectivity index (χ1n) is 7.64. The molecule has 0 spiro atoms. The fourth-order valence-corrected chi connectivity index (χ4v) is 3.03. The molecular formula is C15H22N6O. The maximum atomic E-state index is 12.3. The van der Waals surface area contributed by atoms with Gasteiger partial charge < -0.3 is 5.32 Å². The number of carbonyl (C=O) groups is 1. The Balaban J connectivity index is 1.57. The molecule has 1 aliphatic heterocycles. The Hall–Kier alpha value is -2.15. The fraction of sp³-hybridized carbons (Fsp3) is 0.533. The maximum absolute atomic E-state index is 12.3. The van der Waals surface area contributed by atoms with Crippen molar-refractivity contribution < 1.29 is 4.79 Å². The van der Waals surface area contributed by atoms with Crippen molar-refractivity contribution in [2.24, 2.45) is 7.05 Å². The molecule has 0 radical (unpaired) electrons. The number of rotatable bonds is 5. The van der Waals surface area contributed by atoms with E-state index in [2.05, 4.69) is 20.4 Å². The molecule has 1 fully saturated rings. The van der Waals surface area contributed by atoms with Crippen molar-refractivity contribution in [3.63, 3.8) is 0 Å². The Morgan fingerprint density at radius 2 is 2.36 bits per heavy atom. The average molecular weight is 302 g/mol. The van der Waals surface area contributed by atoms with Crippen LogP contribution in [0.5, 0.6) is 0 Å². The number of hydrogen-bond donors (Lipinski definition) is 1. The predicted molar refractivity (Wildman–Crippen MR) is 83.4 cm³/mol. The molecule has 1 amide bonds. The van der Waals surface area contributed by atoms with Crippen LogP contribution in [0.3, 0.4) is 0 Å². The number of likely N-dealkylation sites (tertiary alicyclic amines) is 1. The highest BCUT2D eigenvalue weighted by Crippen LogP contribution is 2.18. The lowest BCUT2D eigenvalue weighted by Gasteiger charge is -2.23. The standard InChI is InChI=1S/C15H22N6O/c1-12-9-14(19(2)18-12)17-15(22)11-20-7-3-5-13(20)10-21-8-4-6-16-21/h4,6,8-9,13H,3,5,7,10-11H2,1-2H3,(H,17,22). The molecule has 1 atom stereocenters. The minimum Gasteiger partial charge on any atom is -0.310 e. The Bertz CT molecular complexity index is 633. The third-order valence-corrected chi connectivity index (χ3v) is 4.07. The van der Waals surface area contributed by atoms with Crippen molar-refractivity contribution in [2.45, 2.75) is 32.4 Å². The lowest BCUT2D eigenvalue weighted by molar-refractivity contribution is -0.117. The zero-order chi connectivity index (χ0) is 15.5. The lowest BCUT2D eigenvalue weighted by Crippen LogP contribution is -2.39. The van der Waals surface area contributed by atoms with Gasteiger partial charge in [-0.1, -0.05) is 0 Å². The van der Waals surface area contributed by atoms with Crippen molar-refractivity contribution >= 4 is 11.7 Å². The summed E-state index contributed by atoms with van der Waals surface area (Å²) in [5, 5.41) is 11.4. The largest absolute Gasteiger partial charge is 0.310 e. The molecule has 0 saturated carbocycles. The molecule has 2 aromatic rings. The fourth-order valence-electron chi connectivity index (χ4n) is 3.03. The summed E-state index contributed by atoms with van der Waals surface area (Å²) >= 11 is 0. The van der Waals surface area contributed by atoms with Crippen LogP contribution in [0.2, 0.25) is 0 Å². The normalized spacial score (nSPS) is 18.7. The van der Waals surface area contributed by atoms with E-state index in [0.29, 0.717) is 12.6 Å². The van der Waals surface area contributed by atoms with Crippen LogP contribution in [0.1, 0.15) is 18.5 Å². The van der Waals surface area contributed by atoms with Gasteiger partial charge in [0.25, 0.3) is 0 Å². The van der Waals surface area contributed by atoms with Crippen molar-refractivity contribution in [3.05, 3.63) is 30.2 Å². The van der Waals surface area contributed by atoms with E-state index in [0.717, 1.165) is 37.4 Å². The van der Waals surface area contributed by atoms with Gasteiger partial charge in [-0.25, -0.2) is 0 Å². The molecule has 0 aliphatic carbocycles. The first kappa shape index (κ1) is 14.8. The predicted octanol–water partition coefficient (Wildman–Crippen LogP) is 1.03. The molecule has 118 valence electrons. The second kappa shape index (κ2) is 6.31. The average Bonchev–Trinajstić information content (AvgIpc) is 3.16. The number of carbonyl (C=O) groups excluding carboxylic acids is 1. The highest BCUT2D eigenvalue weighted by atomic mass is 16.2. The number of aryl methyl sites for hydroxylation is 2. The van der Waals surface area contributed by atoms with Crippen LogP contribution in [-0.2, 0) is 18.4 Å². The highest BCUT2D eigenvalue weighted by molar-refractivity contribution is 5.91. The van der Waals surface area contributed by atoms with Crippen molar-refractivity contribution in [1.82, 2.24) is 24.5 Å². The Labute approximate surface area is 129 Å². The minimum atomic E-state index is 0.00960. The van der Waals surface area contributed by atoms with Crippen LogP contribution in [0, 0.1) is 6.92 Å². The second-order valence-corrected chi connectivity index (χ2v) is 5.84. The Morgan fingerprint density at radius 3 is 3.05 bits per heavy atom. The molecule has 1 aliphatic rings. The minimum absolute atomic E-state index is 0.00960. The number of aromatic nitrogens is 4. The Morgan fingerprint density at radius 1 is 1.50 bits per heavy atom. The summed E-state index contributed by atoms with van der Waals surface area (Å²) in [5.41, 5.74) is 0.899. The van der Waals surface area contributed by atoms with Crippen LogP contribution in [0.4, 0.5) is 5.82 Å². The van der Waals surface area contributed by atoms with Gasteiger partial charge in [0.15, 0.2) is 0 Å². The summed E-state index contributed by atoms with van der Waals surface area (Å²) < 4.78 is 3.63. The third kappa shape index (κ3) is 3.36. The molecule has 2 aromatic heterocycles. The van der Waals surface area contributed by atoms with Crippen molar-refractivity contribution in [2.75, 3.05) is 18.4 Å². The summed E-state index contributed by atoms with van der Waals surface area (Å²) in [7, 11) is 1.83. The van der Waals surface area contributed by atoms with E-state index in [4.69, 9.17) is 0 Å². The van der Waals surface area contributed by atoms with E-state index in [1.807, 2.05) is 37.0 Å². The summed E-state index contributed by atoms with van der Waals surface area (Å²) in [6.07, 6.45) is 5.99. The number of amides is 1. The van der Waals surface area contributed by atoms with E-state index in [1.165, 1.54) is 0 Å². The van der Waals surface area contributed by atoms with Crippen LogP contribution < -0.4 is 5.32 Å². The smallest absolute Gasteiger partial charge is 0.239 e. The molecule has 3 heterocycles. The van der Waals surface area contributed by atoms with Crippen LogP contribution in [0.15, 0.2) is 24.5 Å². The van der Waals surface area contributed by atoms with E-state index in [9.17, 15) is 4.79 Å². The summed E-state index contributed by atoms with van der Waals surface area (Å²) in [4.78, 5) is 14.5. The van der Waals surface area contributed by atoms with Gasteiger partial charge in [0.1, 0.15) is 5.82 Å². The van der Waals surface area contributed by atoms with Crippen molar-refractivity contribution in [1.29, 1.82) is 0 Å². The van der Waals surface area contributed by atoms with Crippen LogP contribution in [0.25, 0.3) is 0 Å². The van der Waals surface area contributed by atoms with Gasteiger partial charge in [-0.05, 0) is 32.4 Å². The topological polar surface area (TPSA) is 68.0 Å². The lowest BCUT2D eigenvalue weighted by atomic mass is 10.2. The first-order valence-corrected chi connectivity index (χ1v) is 7.64. The zero-order valence-corrected chi connectivity index (χ0v) is 13.1. The van der Waals surface area contributed by atoms with Gasteiger partial charge in [-0.15, -0.1) is 0 Å². The van der Waals surface area contributed by atoms with E-state index < -0.39 is 0 Å². The summed E-state index contributed by atoms with van der Waals surface area (Å²) in [5.74, 6) is 0.751. The van der Waals surface area contributed by atoms with Gasteiger partial charge in [0.2, 0.25) is 5.91 Å². The first-order chi connectivity index (χ1) is 10.6. The molecular weight excluding hydrogens is 280 g/mol. The van der Waals surface area contributed by atoms with E-state index >= 15 is 0 Å². The van der Waals surface area contributed by atoms with Gasteiger partial charge >= 0.3 is 0 Å². The van der Waals surface area contributed by atoms with Gasteiger partial charge in [0, 0.05) is 31.5 Å². The molecule has 0 bridgehead atoms. The monoisotopic (exact) mass is 302 g/mol. The summed E-state index contributed by atoms with van der Waals surface area (Å²) in [6.45, 7) is 4.13. The number of nitrogens with one attached hydrogen (secondary N) is 1. The molecule has 22 heavy (non-hydrogen) atoms. The Kier molecular flexibility index (Phi) is 4.24. The quantitative estimate of drug-likeness (QED) is 0.895. The zero-order valence-electron chi connectivity index (χ0n) is 13.1. The van der Waals surface area contributed by atoms with E-state index in [-0.39, 0.29) is 5.91 Å². The third-order valence-electron chi connectivity index (χ3n) is 4.07. The molecule has 1 unspecified atom stereocenters. The van der Waals surface area contributed by atoms with Crippen LogP contribution in [-0.4, -0.2) is 49.5 Å². The number of nitrogens with zero attached hydrogens (tertiary/aromatic N) is 5. The van der Waals surface area contributed by atoms with E-state index in [1.54, 1.807) is 10.9 Å². The van der Waals surface area contributed by atoms with Gasteiger partial charge in [-0.2, -0.15) is 10.2 Å². The summed E-state index contributed by atoms with van der Waals surface area (Å²) in [6, 6.07) is 4.18. The molecule has 3 rings (SSSR count). The number of hydrogen-bond acceptors (Lipinski definition) is 4. The van der Waals surface area contributed by atoms with Gasteiger partial charge in [-0.3, -0.25) is 19.1 Å². The second-order valence-electron chi connectivity index (χ2n) is 5.84. The molecule has 7 nitrogen and oxygen atoms in total. The maximum Gasteiger partial charge on any atom is 0.239 e.